The maximum absolute atomic E-state index is 10.0. The van der Waals surface area contributed by atoms with Crippen molar-refractivity contribution < 1.29 is 10.2 Å². The maximum Gasteiger partial charge on any atom is 0.276 e. The van der Waals surface area contributed by atoms with Crippen LogP contribution in [0.3, 0.4) is 0 Å². The summed E-state index contributed by atoms with van der Waals surface area (Å²) < 4.78 is 1.70. The number of fused-ring (bicyclic) bond motifs is 5. The molecule has 0 bridgehead atoms. The second-order valence-corrected chi connectivity index (χ2v) is 8.72. The molecule has 0 unspecified atom stereocenters. The first-order valence-electron chi connectivity index (χ1n) is 9.83. The molecule has 0 aliphatic carbocycles. The number of aliphatic hydroxyl groups is 2. The van der Waals surface area contributed by atoms with Gasteiger partial charge in [-0.3, -0.25) is 4.90 Å². The number of thiophene rings is 1. The molecule has 28 heavy (non-hydrogen) atoms. The van der Waals surface area contributed by atoms with E-state index in [1.165, 1.54) is 10.4 Å². The quantitative estimate of drug-likeness (QED) is 0.602. The molecule has 152 valence electrons. The predicted octanol–water partition coefficient (Wildman–Crippen LogP) is 1.07. The lowest BCUT2D eigenvalue weighted by molar-refractivity contribution is 0.178. The molecule has 3 aromatic rings. The van der Waals surface area contributed by atoms with Crippen molar-refractivity contribution in [1.29, 1.82) is 0 Å². The second-order valence-electron chi connectivity index (χ2n) is 7.64. The van der Waals surface area contributed by atoms with Gasteiger partial charge >= 0.3 is 0 Å². The number of nitrogens with zero attached hydrogens (tertiary/aromatic N) is 7. The van der Waals surface area contributed by atoms with Crippen molar-refractivity contribution in [2.24, 2.45) is 0 Å². The lowest BCUT2D eigenvalue weighted by Gasteiger charge is -2.29. The van der Waals surface area contributed by atoms with E-state index in [2.05, 4.69) is 27.3 Å². The zero-order chi connectivity index (χ0) is 19.8. The van der Waals surface area contributed by atoms with Gasteiger partial charge in [0.25, 0.3) is 5.78 Å². The Bertz CT molecular complexity index is 958. The van der Waals surface area contributed by atoms with Crippen LogP contribution in [0.5, 0.6) is 0 Å². The van der Waals surface area contributed by atoms with Gasteiger partial charge < -0.3 is 15.1 Å². The van der Waals surface area contributed by atoms with Crippen LogP contribution in [0.1, 0.15) is 37.6 Å². The minimum absolute atomic E-state index is 0.386. The van der Waals surface area contributed by atoms with Crippen molar-refractivity contribution in [2.45, 2.75) is 52.4 Å². The Kier molecular flexibility index (Phi) is 5.46. The maximum atomic E-state index is 10.0. The summed E-state index contributed by atoms with van der Waals surface area (Å²) in [6.07, 6.45) is 1.00. The molecule has 4 rings (SSSR count). The lowest BCUT2D eigenvalue weighted by Crippen LogP contribution is -2.37. The molecule has 2 N–H and O–H groups in total. The third kappa shape index (κ3) is 3.57. The summed E-state index contributed by atoms with van der Waals surface area (Å²) in [5, 5.41) is 33.1. The summed E-state index contributed by atoms with van der Waals surface area (Å²) in [6.45, 7) is 9.51. The fourth-order valence-electron chi connectivity index (χ4n) is 3.98. The predicted molar refractivity (Wildman–Crippen MR) is 109 cm³/mol. The molecule has 0 aromatic carbocycles. The molecule has 0 radical (unpaired) electrons. The van der Waals surface area contributed by atoms with Gasteiger partial charge in [0.2, 0.25) is 0 Å². The number of aliphatic hydroxyl groups excluding tert-OH is 2. The van der Waals surface area contributed by atoms with Crippen molar-refractivity contribution in [1.82, 2.24) is 29.9 Å². The summed E-state index contributed by atoms with van der Waals surface area (Å²) in [5.74, 6) is 1.19. The van der Waals surface area contributed by atoms with Crippen LogP contribution in [-0.4, -0.2) is 78.5 Å². The Morgan fingerprint density at radius 3 is 2.64 bits per heavy atom. The van der Waals surface area contributed by atoms with Gasteiger partial charge in [-0.25, -0.2) is 0 Å². The SMILES string of the molecule is CCCN1CCc2c(sc3c2c(N(C[C@H](C)O)C[C@@H](C)O)nc2nnnn23)C1. The molecule has 0 amide bonds. The van der Waals surface area contributed by atoms with E-state index in [4.69, 9.17) is 4.98 Å². The number of hydrogen-bond acceptors (Lipinski definition) is 9. The number of anilines is 1. The van der Waals surface area contributed by atoms with Crippen LogP contribution < -0.4 is 4.90 Å². The number of aromatic nitrogens is 5. The zero-order valence-electron chi connectivity index (χ0n) is 16.5. The Labute approximate surface area is 167 Å². The van der Waals surface area contributed by atoms with Crippen LogP contribution in [-0.2, 0) is 13.0 Å². The second kappa shape index (κ2) is 7.86. The minimum Gasteiger partial charge on any atom is -0.392 e. The molecule has 1 aliphatic rings. The van der Waals surface area contributed by atoms with E-state index in [0.29, 0.717) is 18.9 Å². The smallest absolute Gasteiger partial charge is 0.276 e. The minimum atomic E-state index is -0.544. The van der Waals surface area contributed by atoms with E-state index in [9.17, 15) is 10.2 Å². The first kappa shape index (κ1) is 19.4. The van der Waals surface area contributed by atoms with E-state index in [0.717, 1.165) is 48.5 Å². The normalized spacial score (nSPS) is 17.2. The Hall–Kier alpha value is -1.88. The van der Waals surface area contributed by atoms with Crippen molar-refractivity contribution in [3.8, 4) is 0 Å². The first-order valence-corrected chi connectivity index (χ1v) is 10.6. The average Bonchev–Trinajstić information content (AvgIpc) is 3.23. The topological polar surface area (TPSA) is 103 Å². The third-order valence-electron chi connectivity index (χ3n) is 5.00. The van der Waals surface area contributed by atoms with Gasteiger partial charge in [0, 0.05) is 31.1 Å². The van der Waals surface area contributed by atoms with E-state index in [1.54, 1.807) is 29.7 Å². The third-order valence-corrected chi connectivity index (χ3v) is 6.19. The molecule has 9 nitrogen and oxygen atoms in total. The highest BCUT2D eigenvalue weighted by atomic mass is 32.1. The van der Waals surface area contributed by atoms with Crippen molar-refractivity contribution in [2.75, 3.05) is 31.1 Å². The first-order chi connectivity index (χ1) is 13.5. The summed E-state index contributed by atoms with van der Waals surface area (Å²) in [5.41, 5.74) is 1.30. The largest absolute Gasteiger partial charge is 0.392 e. The highest BCUT2D eigenvalue weighted by Crippen LogP contribution is 2.39. The molecule has 3 aromatic heterocycles. The Morgan fingerprint density at radius 2 is 1.96 bits per heavy atom. The molecule has 2 atom stereocenters. The zero-order valence-corrected chi connectivity index (χ0v) is 17.4. The van der Waals surface area contributed by atoms with Crippen molar-refractivity contribution in [3.63, 3.8) is 0 Å². The van der Waals surface area contributed by atoms with E-state index in [-0.39, 0.29) is 0 Å². The summed E-state index contributed by atoms with van der Waals surface area (Å²) in [4.78, 5) is 11.5. The molecular formula is C18H27N7O2S. The van der Waals surface area contributed by atoms with Crippen molar-refractivity contribution in [3.05, 3.63) is 10.4 Å². The molecule has 0 saturated heterocycles. The van der Waals surface area contributed by atoms with E-state index < -0.39 is 12.2 Å². The van der Waals surface area contributed by atoms with Gasteiger partial charge in [-0.15, -0.1) is 11.3 Å². The van der Waals surface area contributed by atoms with Crippen molar-refractivity contribution >= 4 is 33.1 Å². The van der Waals surface area contributed by atoms with Crippen LogP contribution >= 0.6 is 11.3 Å². The molecule has 0 fully saturated rings. The van der Waals surface area contributed by atoms with Gasteiger partial charge in [-0.2, -0.15) is 9.50 Å². The monoisotopic (exact) mass is 405 g/mol. The molecule has 0 spiro atoms. The van der Waals surface area contributed by atoms with E-state index >= 15 is 0 Å². The molecule has 0 saturated carbocycles. The summed E-state index contributed by atoms with van der Waals surface area (Å²) in [7, 11) is 0. The molecule has 4 heterocycles. The molecule has 10 heteroatoms. The fraction of sp³-hybridized carbons (Fsp3) is 0.667. The number of hydrogen-bond donors (Lipinski definition) is 2. The standard InChI is InChI=1S/C18H27N7O2S/c1-4-6-23-7-5-13-14(10-23)28-17-15(13)16(19-18-20-21-22-25(17)18)24(8-11(2)26)9-12(3)27/h11-12,26-27H,4-10H2,1-3H3/t11-,12+. The van der Waals surface area contributed by atoms with Crippen LogP contribution in [0.4, 0.5) is 5.82 Å². The Balaban J connectivity index is 1.89. The van der Waals surface area contributed by atoms with Gasteiger partial charge in [-0.1, -0.05) is 12.0 Å². The van der Waals surface area contributed by atoms with Crippen LogP contribution in [0.2, 0.25) is 0 Å². The summed E-state index contributed by atoms with van der Waals surface area (Å²) in [6, 6.07) is 0. The van der Waals surface area contributed by atoms with Gasteiger partial charge in [0.05, 0.1) is 17.6 Å². The van der Waals surface area contributed by atoms with Crippen LogP contribution in [0.25, 0.3) is 16.0 Å². The lowest BCUT2D eigenvalue weighted by atomic mass is 10.0. The molecule has 1 aliphatic heterocycles. The average molecular weight is 406 g/mol. The van der Waals surface area contributed by atoms with Gasteiger partial charge in [-0.05, 0) is 49.2 Å². The highest BCUT2D eigenvalue weighted by molar-refractivity contribution is 7.19. The van der Waals surface area contributed by atoms with E-state index in [1.807, 2.05) is 4.90 Å². The number of tetrazole rings is 1. The summed E-state index contributed by atoms with van der Waals surface area (Å²) >= 11 is 1.72. The Morgan fingerprint density at radius 1 is 1.21 bits per heavy atom. The number of rotatable bonds is 7. The van der Waals surface area contributed by atoms with Gasteiger partial charge in [0.1, 0.15) is 10.6 Å². The molecular weight excluding hydrogens is 378 g/mol. The van der Waals surface area contributed by atoms with Gasteiger partial charge in [0.15, 0.2) is 0 Å². The highest BCUT2D eigenvalue weighted by Gasteiger charge is 2.28. The van der Waals surface area contributed by atoms with Crippen LogP contribution in [0, 0.1) is 0 Å². The fourth-order valence-corrected chi connectivity index (χ4v) is 5.31. The van der Waals surface area contributed by atoms with Crippen LogP contribution in [0.15, 0.2) is 0 Å².